The van der Waals surface area contributed by atoms with E-state index in [1.165, 1.54) is 19.9 Å². The highest BCUT2D eigenvalue weighted by atomic mass is 32.2. The number of carbonyl (C=O) groups excluding carboxylic acids is 1. The van der Waals surface area contributed by atoms with E-state index in [0.717, 1.165) is 18.4 Å². The van der Waals surface area contributed by atoms with Gasteiger partial charge in [0.2, 0.25) is 5.91 Å². The van der Waals surface area contributed by atoms with Gasteiger partial charge in [-0.1, -0.05) is 0 Å². The van der Waals surface area contributed by atoms with Crippen LogP contribution in [-0.2, 0) is 14.6 Å². The smallest absolute Gasteiger partial charge is 0.245 e. The number of nitrogens with one attached hydrogen (secondary N) is 1. The number of halogens is 1. The number of anilines is 2. The van der Waals surface area contributed by atoms with E-state index >= 15 is 0 Å². The van der Waals surface area contributed by atoms with Crippen LogP contribution >= 0.6 is 0 Å². The van der Waals surface area contributed by atoms with Gasteiger partial charge >= 0.3 is 0 Å². The Labute approximate surface area is 105 Å². The fourth-order valence-corrected chi connectivity index (χ4v) is 1.47. The van der Waals surface area contributed by atoms with Crippen molar-refractivity contribution in [2.45, 2.75) is 18.6 Å². The first kappa shape index (κ1) is 14.4. The van der Waals surface area contributed by atoms with Crippen LogP contribution in [-0.4, -0.2) is 25.3 Å². The molecule has 100 valence electrons. The van der Waals surface area contributed by atoms with Gasteiger partial charge in [0.15, 0.2) is 9.84 Å². The lowest BCUT2D eigenvalue weighted by Crippen LogP contribution is -2.44. The molecule has 0 aliphatic rings. The number of nitrogen functional groups attached to an aromatic ring is 1. The van der Waals surface area contributed by atoms with Crippen LogP contribution < -0.4 is 11.1 Å². The topological polar surface area (TPSA) is 89.3 Å². The van der Waals surface area contributed by atoms with Crippen LogP contribution in [0.2, 0.25) is 0 Å². The Morgan fingerprint density at radius 3 is 2.44 bits per heavy atom. The summed E-state index contributed by atoms with van der Waals surface area (Å²) in [5.74, 6) is -1.33. The van der Waals surface area contributed by atoms with E-state index in [0.29, 0.717) is 0 Å². The van der Waals surface area contributed by atoms with Crippen LogP contribution in [0, 0.1) is 5.82 Å². The number of benzene rings is 1. The maximum absolute atomic E-state index is 13.0. The molecule has 3 N–H and O–H groups in total. The quantitative estimate of drug-likeness (QED) is 0.810. The number of rotatable bonds is 3. The second-order valence-electron chi connectivity index (χ2n) is 4.47. The maximum atomic E-state index is 13.0. The van der Waals surface area contributed by atoms with Gasteiger partial charge in [0, 0.05) is 6.26 Å². The molecule has 0 aliphatic heterocycles. The van der Waals surface area contributed by atoms with E-state index in [9.17, 15) is 17.6 Å². The molecular weight excluding hydrogens is 259 g/mol. The van der Waals surface area contributed by atoms with Crippen LogP contribution in [0.3, 0.4) is 0 Å². The van der Waals surface area contributed by atoms with Crippen molar-refractivity contribution in [1.29, 1.82) is 0 Å². The van der Waals surface area contributed by atoms with Crippen LogP contribution in [0.1, 0.15) is 13.8 Å². The molecule has 1 aromatic rings. The molecule has 18 heavy (non-hydrogen) atoms. The minimum atomic E-state index is -3.59. The molecule has 0 fully saturated rings. The third-order valence-electron chi connectivity index (χ3n) is 2.74. The van der Waals surface area contributed by atoms with Gasteiger partial charge in [-0.05, 0) is 32.0 Å². The van der Waals surface area contributed by atoms with E-state index in [4.69, 9.17) is 5.73 Å². The number of sulfone groups is 1. The molecule has 0 unspecified atom stereocenters. The summed E-state index contributed by atoms with van der Waals surface area (Å²) >= 11 is 0. The summed E-state index contributed by atoms with van der Waals surface area (Å²) in [6, 6.07) is 3.47. The van der Waals surface area contributed by atoms with Gasteiger partial charge in [0.05, 0.1) is 11.4 Å². The highest BCUT2D eigenvalue weighted by Crippen LogP contribution is 2.23. The number of hydrogen-bond donors (Lipinski definition) is 2. The van der Waals surface area contributed by atoms with Crippen LogP contribution in [0.5, 0.6) is 0 Å². The second kappa shape index (κ2) is 4.56. The van der Waals surface area contributed by atoms with Crippen molar-refractivity contribution in [3.8, 4) is 0 Å². The summed E-state index contributed by atoms with van der Waals surface area (Å²) in [6.45, 7) is 2.54. The minimum Gasteiger partial charge on any atom is -0.397 e. The summed E-state index contributed by atoms with van der Waals surface area (Å²) in [6.07, 6.45) is 0.960. The Hall–Kier alpha value is -1.63. The van der Waals surface area contributed by atoms with E-state index in [2.05, 4.69) is 5.32 Å². The zero-order valence-corrected chi connectivity index (χ0v) is 11.1. The van der Waals surface area contributed by atoms with E-state index in [-0.39, 0.29) is 11.4 Å². The third-order valence-corrected chi connectivity index (χ3v) is 4.78. The van der Waals surface area contributed by atoms with Crippen LogP contribution in [0.4, 0.5) is 15.8 Å². The molecule has 0 saturated heterocycles. The van der Waals surface area contributed by atoms with Gasteiger partial charge in [0.1, 0.15) is 10.6 Å². The molecule has 0 heterocycles. The lowest BCUT2D eigenvalue weighted by atomic mass is 10.2. The van der Waals surface area contributed by atoms with Crippen molar-refractivity contribution >= 4 is 27.1 Å². The van der Waals surface area contributed by atoms with E-state index in [1.54, 1.807) is 0 Å². The fraction of sp³-hybridized carbons (Fsp3) is 0.364. The molecule has 1 amide bonds. The average molecular weight is 274 g/mol. The zero-order valence-electron chi connectivity index (χ0n) is 10.3. The highest BCUT2D eigenvalue weighted by molar-refractivity contribution is 7.92. The Bertz CT molecular complexity index is 582. The predicted octanol–water partition coefficient (Wildman–Crippen LogP) is 1.17. The van der Waals surface area contributed by atoms with Crippen molar-refractivity contribution in [1.82, 2.24) is 0 Å². The molecule has 0 bridgehead atoms. The first-order valence-corrected chi connectivity index (χ1v) is 7.01. The van der Waals surface area contributed by atoms with Crippen molar-refractivity contribution < 1.29 is 17.6 Å². The molecule has 0 aliphatic carbocycles. The lowest BCUT2D eigenvalue weighted by molar-refractivity contribution is -0.117. The van der Waals surface area contributed by atoms with Crippen molar-refractivity contribution in [2.24, 2.45) is 0 Å². The van der Waals surface area contributed by atoms with E-state index in [1.807, 2.05) is 0 Å². The Morgan fingerprint density at radius 1 is 1.39 bits per heavy atom. The molecule has 0 saturated carbocycles. The van der Waals surface area contributed by atoms with Crippen LogP contribution in [0.15, 0.2) is 18.2 Å². The maximum Gasteiger partial charge on any atom is 0.245 e. The molecule has 7 heteroatoms. The van der Waals surface area contributed by atoms with Gasteiger partial charge in [0.25, 0.3) is 0 Å². The first-order valence-electron chi connectivity index (χ1n) is 5.12. The Morgan fingerprint density at radius 2 is 1.94 bits per heavy atom. The molecular formula is C11H15FN2O3S. The number of amides is 1. The van der Waals surface area contributed by atoms with Crippen molar-refractivity contribution in [3.05, 3.63) is 24.0 Å². The predicted molar refractivity (Wildman–Crippen MR) is 68.4 cm³/mol. The molecule has 0 atom stereocenters. The Kier molecular flexibility index (Phi) is 3.66. The number of carbonyl (C=O) groups is 1. The fourth-order valence-electron chi connectivity index (χ4n) is 1.08. The van der Waals surface area contributed by atoms with E-state index < -0.39 is 26.3 Å². The normalized spacial score (nSPS) is 12.2. The number of hydrogen-bond acceptors (Lipinski definition) is 4. The van der Waals surface area contributed by atoms with Crippen LogP contribution in [0.25, 0.3) is 0 Å². The van der Waals surface area contributed by atoms with Gasteiger partial charge in [-0.3, -0.25) is 4.79 Å². The largest absolute Gasteiger partial charge is 0.397 e. The molecule has 0 aromatic heterocycles. The van der Waals surface area contributed by atoms with Gasteiger partial charge < -0.3 is 11.1 Å². The molecule has 5 nitrogen and oxygen atoms in total. The highest BCUT2D eigenvalue weighted by Gasteiger charge is 2.38. The SMILES string of the molecule is CC(C)(C(=O)Nc1cc(F)ccc1N)S(C)(=O)=O. The number of nitrogens with two attached hydrogens (primary N) is 1. The van der Waals surface area contributed by atoms with Crippen molar-refractivity contribution in [3.63, 3.8) is 0 Å². The van der Waals surface area contributed by atoms with Gasteiger partial charge in [-0.15, -0.1) is 0 Å². The lowest BCUT2D eigenvalue weighted by Gasteiger charge is -2.21. The standard InChI is InChI=1S/C11H15FN2O3S/c1-11(2,18(3,16)17)10(15)14-9-6-7(12)4-5-8(9)13/h4-6H,13H2,1-3H3,(H,14,15). The van der Waals surface area contributed by atoms with Gasteiger partial charge in [-0.2, -0.15) is 0 Å². The Balaban J connectivity index is 3.06. The molecule has 0 spiro atoms. The summed E-state index contributed by atoms with van der Waals surface area (Å²) < 4.78 is 34.3. The molecule has 1 aromatic carbocycles. The van der Waals surface area contributed by atoms with Gasteiger partial charge in [-0.25, -0.2) is 12.8 Å². The zero-order chi connectivity index (χ0) is 14.1. The first-order chi connectivity index (χ1) is 8.05. The summed E-state index contributed by atoms with van der Waals surface area (Å²) in [5, 5.41) is 2.31. The van der Waals surface area contributed by atoms with Crippen molar-refractivity contribution in [2.75, 3.05) is 17.3 Å². The molecule has 0 radical (unpaired) electrons. The minimum absolute atomic E-state index is 0.0525. The summed E-state index contributed by atoms with van der Waals surface area (Å²) in [4.78, 5) is 11.9. The monoisotopic (exact) mass is 274 g/mol. The summed E-state index contributed by atoms with van der Waals surface area (Å²) in [5.41, 5.74) is 5.77. The second-order valence-corrected chi connectivity index (χ2v) is 7.03. The summed E-state index contributed by atoms with van der Waals surface area (Å²) in [7, 11) is -3.59. The average Bonchev–Trinajstić information content (AvgIpc) is 2.21. The molecule has 1 rings (SSSR count). The third kappa shape index (κ3) is 2.79.